The molecule has 2 rings (SSSR count). The first-order valence-electron chi connectivity index (χ1n) is 4.74. The highest BCUT2D eigenvalue weighted by Gasteiger charge is 2.00. The molecular formula is C10H11N5O. The summed E-state index contributed by atoms with van der Waals surface area (Å²) in [5.74, 6) is 0.360. The number of nitrogens with zero attached hydrogens (tertiary/aromatic N) is 4. The van der Waals surface area contributed by atoms with Crippen molar-refractivity contribution in [1.29, 1.82) is 0 Å². The molecule has 0 unspecified atom stereocenters. The summed E-state index contributed by atoms with van der Waals surface area (Å²) in [4.78, 5) is 23.1. The molecule has 0 atom stereocenters. The van der Waals surface area contributed by atoms with Crippen LogP contribution in [0.2, 0.25) is 0 Å². The van der Waals surface area contributed by atoms with Gasteiger partial charge in [0.1, 0.15) is 5.82 Å². The number of hydrogen-bond donors (Lipinski definition) is 1. The second kappa shape index (κ2) is 4.09. The van der Waals surface area contributed by atoms with Crippen LogP contribution in [0.5, 0.6) is 0 Å². The number of aromatic nitrogens is 4. The molecule has 2 N–H and O–H groups in total. The maximum Gasteiger partial charge on any atom is 0.347 e. The maximum atomic E-state index is 11.4. The normalized spacial score (nSPS) is 10.3. The standard InChI is InChI=1S/C10H11N5O/c1-7-2-14-10(16)15(5-7)6-8-3-13-9(11)4-12-8/h2-5H,6H2,1H3,(H2,11,13). The molecule has 0 spiro atoms. The van der Waals surface area contributed by atoms with Crippen LogP contribution >= 0.6 is 0 Å². The van der Waals surface area contributed by atoms with Crippen molar-refractivity contribution >= 4 is 5.82 Å². The molecule has 0 amide bonds. The molecule has 2 aromatic heterocycles. The first-order chi connectivity index (χ1) is 7.65. The molecule has 2 heterocycles. The fraction of sp³-hybridized carbons (Fsp3) is 0.200. The van der Waals surface area contributed by atoms with E-state index in [2.05, 4.69) is 15.0 Å². The largest absolute Gasteiger partial charge is 0.382 e. The highest BCUT2D eigenvalue weighted by molar-refractivity contribution is 5.22. The van der Waals surface area contributed by atoms with E-state index in [1.807, 2.05) is 6.92 Å². The van der Waals surface area contributed by atoms with Crippen molar-refractivity contribution in [2.75, 3.05) is 5.73 Å². The molecular weight excluding hydrogens is 206 g/mol. The smallest absolute Gasteiger partial charge is 0.347 e. The van der Waals surface area contributed by atoms with Gasteiger partial charge in [0.15, 0.2) is 0 Å². The Bertz CT molecular complexity index is 546. The van der Waals surface area contributed by atoms with Crippen LogP contribution < -0.4 is 11.4 Å². The van der Waals surface area contributed by atoms with Crippen molar-refractivity contribution in [2.24, 2.45) is 0 Å². The van der Waals surface area contributed by atoms with Gasteiger partial charge in [-0.1, -0.05) is 0 Å². The summed E-state index contributed by atoms with van der Waals surface area (Å²) in [6, 6.07) is 0. The SMILES string of the molecule is Cc1cnc(=O)n(Cc2cnc(N)cn2)c1. The molecule has 0 aliphatic rings. The van der Waals surface area contributed by atoms with E-state index >= 15 is 0 Å². The zero-order valence-corrected chi connectivity index (χ0v) is 8.79. The average Bonchev–Trinajstić information content (AvgIpc) is 2.27. The van der Waals surface area contributed by atoms with Gasteiger partial charge in [-0.2, -0.15) is 0 Å². The highest BCUT2D eigenvalue weighted by atomic mass is 16.1. The molecule has 0 aliphatic heterocycles. The van der Waals surface area contributed by atoms with Crippen molar-refractivity contribution < 1.29 is 0 Å². The van der Waals surface area contributed by atoms with Gasteiger partial charge in [0.2, 0.25) is 0 Å². The van der Waals surface area contributed by atoms with Gasteiger partial charge in [-0.3, -0.25) is 9.55 Å². The lowest BCUT2D eigenvalue weighted by molar-refractivity contribution is 0.702. The van der Waals surface area contributed by atoms with Crippen LogP contribution in [0.4, 0.5) is 5.82 Å². The van der Waals surface area contributed by atoms with Crippen molar-refractivity contribution in [1.82, 2.24) is 19.5 Å². The van der Waals surface area contributed by atoms with Crippen molar-refractivity contribution in [2.45, 2.75) is 13.5 Å². The minimum atomic E-state index is -0.302. The van der Waals surface area contributed by atoms with Crippen LogP contribution in [-0.4, -0.2) is 19.5 Å². The molecule has 0 fully saturated rings. The molecule has 0 aromatic carbocycles. The zero-order chi connectivity index (χ0) is 11.5. The van der Waals surface area contributed by atoms with Gasteiger partial charge in [-0.15, -0.1) is 0 Å². The lowest BCUT2D eigenvalue weighted by Gasteiger charge is -2.04. The lowest BCUT2D eigenvalue weighted by Crippen LogP contribution is -2.23. The van der Waals surface area contributed by atoms with Gasteiger partial charge < -0.3 is 5.73 Å². The van der Waals surface area contributed by atoms with Crippen LogP contribution in [0.15, 0.2) is 29.6 Å². The maximum absolute atomic E-state index is 11.4. The Morgan fingerprint density at radius 1 is 1.25 bits per heavy atom. The number of nitrogens with two attached hydrogens (primary N) is 1. The fourth-order valence-corrected chi connectivity index (χ4v) is 1.30. The molecule has 2 aromatic rings. The number of anilines is 1. The summed E-state index contributed by atoms with van der Waals surface area (Å²) < 4.78 is 1.48. The van der Waals surface area contributed by atoms with Crippen molar-refractivity contribution in [3.05, 3.63) is 46.5 Å². The second-order valence-electron chi connectivity index (χ2n) is 3.47. The summed E-state index contributed by atoms with van der Waals surface area (Å²) in [5.41, 5.74) is 6.71. The zero-order valence-electron chi connectivity index (χ0n) is 8.79. The van der Waals surface area contributed by atoms with E-state index in [1.165, 1.54) is 17.0 Å². The van der Waals surface area contributed by atoms with E-state index in [4.69, 9.17) is 5.73 Å². The minimum absolute atomic E-state index is 0.302. The lowest BCUT2D eigenvalue weighted by atomic mass is 10.4. The first-order valence-corrected chi connectivity index (χ1v) is 4.74. The van der Waals surface area contributed by atoms with Crippen molar-refractivity contribution in [3.63, 3.8) is 0 Å². The van der Waals surface area contributed by atoms with E-state index in [9.17, 15) is 4.79 Å². The molecule has 0 radical (unpaired) electrons. The Morgan fingerprint density at radius 3 is 2.75 bits per heavy atom. The monoisotopic (exact) mass is 217 g/mol. The van der Waals surface area contributed by atoms with Crippen LogP contribution in [-0.2, 0) is 6.54 Å². The Kier molecular flexibility index (Phi) is 2.63. The molecule has 6 heteroatoms. The van der Waals surface area contributed by atoms with E-state index < -0.39 is 0 Å². The number of hydrogen-bond acceptors (Lipinski definition) is 5. The summed E-state index contributed by atoms with van der Waals surface area (Å²) in [6.07, 6.45) is 6.27. The van der Waals surface area contributed by atoms with Gasteiger partial charge in [0, 0.05) is 12.4 Å². The van der Waals surface area contributed by atoms with Crippen LogP contribution in [0.3, 0.4) is 0 Å². The molecule has 0 saturated heterocycles. The van der Waals surface area contributed by atoms with Crippen molar-refractivity contribution in [3.8, 4) is 0 Å². The van der Waals surface area contributed by atoms with Crippen LogP contribution in [0.25, 0.3) is 0 Å². The average molecular weight is 217 g/mol. The van der Waals surface area contributed by atoms with E-state index in [0.717, 1.165) is 5.56 Å². The molecule has 82 valence electrons. The molecule has 0 aliphatic carbocycles. The Balaban J connectivity index is 2.30. The predicted octanol–water partition coefficient (Wildman–Crippen LogP) is -0.0278. The Labute approximate surface area is 91.8 Å². The third-order valence-electron chi connectivity index (χ3n) is 2.04. The fourth-order valence-electron chi connectivity index (χ4n) is 1.30. The predicted molar refractivity (Wildman–Crippen MR) is 58.8 cm³/mol. The third-order valence-corrected chi connectivity index (χ3v) is 2.04. The summed E-state index contributed by atoms with van der Waals surface area (Å²) in [6.45, 7) is 2.22. The minimum Gasteiger partial charge on any atom is -0.382 e. The number of nitrogen functional groups attached to an aromatic ring is 1. The third kappa shape index (κ3) is 2.22. The Morgan fingerprint density at radius 2 is 2.06 bits per heavy atom. The quantitative estimate of drug-likeness (QED) is 0.763. The van der Waals surface area contributed by atoms with Crippen LogP contribution in [0.1, 0.15) is 11.3 Å². The van der Waals surface area contributed by atoms with Crippen LogP contribution in [0, 0.1) is 6.92 Å². The second-order valence-corrected chi connectivity index (χ2v) is 3.47. The van der Waals surface area contributed by atoms with Gasteiger partial charge in [0.25, 0.3) is 0 Å². The summed E-state index contributed by atoms with van der Waals surface area (Å²) in [5, 5.41) is 0. The number of aryl methyl sites for hydroxylation is 1. The number of rotatable bonds is 2. The van der Waals surface area contributed by atoms with E-state index in [1.54, 1.807) is 12.4 Å². The summed E-state index contributed by atoms with van der Waals surface area (Å²) >= 11 is 0. The Hall–Kier alpha value is -2.24. The van der Waals surface area contributed by atoms with Gasteiger partial charge >= 0.3 is 5.69 Å². The molecule has 0 bridgehead atoms. The molecule has 16 heavy (non-hydrogen) atoms. The summed E-state index contributed by atoms with van der Waals surface area (Å²) in [7, 11) is 0. The highest BCUT2D eigenvalue weighted by Crippen LogP contribution is 1.98. The van der Waals surface area contributed by atoms with E-state index in [-0.39, 0.29) is 5.69 Å². The molecule has 0 saturated carbocycles. The topological polar surface area (TPSA) is 86.7 Å². The van der Waals surface area contributed by atoms with E-state index in [0.29, 0.717) is 18.1 Å². The van der Waals surface area contributed by atoms with Gasteiger partial charge in [0.05, 0.1) is 24.6 Å². The first kappa shape index (κ1) is 10.3. The van der Waals surface area contributed by atoms with Gasteiger partial charge in [-0.05, 0) is 12.5 Å². The molecule has 6 nitrogen and oxygen atoms in total. The van der Waals surface area contributed by atoms with Gasteiger partial charge in [-0.25, -0.2) is 14.8 Å².